The maximum atomic E-state index is 12.8. The minimum Gasteiger partial charge on any atom is -0.423 e. The van der Waals surface area contributed by atoms with Crippen molar-refractivity contribution in [2.75, 3.05) is 5.32 Å². The van der Waals surface area contributed by atoms with Crippen LogP contribution in [0.25, 0.3) is 0 Å². The normalized spacial score (nSPS) is 10.7. The largest absolute Gasteiger partial charge is 0.423 e. The first kappa shape index (κ1) is 30.5. The Balaban J connectivity index is 1.52. The Morgan fingerprint density at radius 1 is 0.690 bits per heavy atom. The van der Waals surface area contributed by atoms with Crippen LogP contribution in [0.15, 0.2) is 90.0 Å². The lowest BCUT2D eigenvalue weighted by Gasteiger charge is -2.11. The van der Waals surface area contributed by atoms with Gasteiger partial charge in [0.1, 0.15) is 11.5 Å². The Morgan fingerprint density at radius 3 is 1.90 bits per heavy atom. The maximum Gasteiger partial charge on any atom is 0.343 e. The molecule has 0 aromatic heterocycles. The van der Waals surface area contributed by atoms with Crippen molar-refractivity contribution in [1.29, 1.82) is 0 Å². The van der Waals surface area contributed by atoms with Crippen molar-refractivity contribution in [2.45, 2.75) is 0 Å². The highest BCUT2D eigenvalue weighted by Crippen LogP contribution is 2.29. The standard InChI is InChI=1S/C29H17Cl4N3O6/c30-19-9-4-16(5-10-19)28(39)41-21-13-8-18(24(14-21)42-29(40)17-6-11-20(31)12-7-17)15-34-36-27(38)26(37)35-23-3-1-2-22(32)25(23)33/h1-15H,(H,35,37)(H,36,38). The summed E-state index contributed by atoms with van der Waals surface area (Å²) < 4.78 is 10.9. The highest BCUT2D eigenvalue weighted by molar-refractivity contribution is 6.45. The lowest BCUT2D eigenvalue weighted by atomic mass is 10.2. The van der Waals surface area contributed by atoms with Crippen LogP contribution in [0, 0.1) is 0 Å². The average molecular weight is 645 g/mol. The van der Waals surface area contributed by atoms with Crippen molar-refractivity contribution >= 4 is 82.1 Å². The zero-order chi connectivity index (χ0) is 30.2. The van der Waals surface area contributed by atoms with Crippen LogP contribution in [0.4, 0.5) is 5.69 Å². The van der Waals surface area contributed by atoms with Gasteiger partial charge >= 0.3 is 23.8 Å². The van der Waals surface area contributed by atoms with Gasteiger partial charge < -0.3 is 14.8 Å². The summed E-state index contributed by atoms with van der Waals surface area (Å²) in [5, 5.41) is 7.22. The Labute approximate surface area is 258 Å². The number of esters is 2. The Bertz CT molecular complexity index is 1690. The van der Waals surface area contributed by atoms with Crippen LogP contribution in [-0.4, -0.2) is 30.0 Å². The summed E-state index contributed by atoms with van der Waals surface area (Å²) in [5.74, 6) is -3.62. The highest BCUT2D eigenvalue weighted by atomic mass is 35.5. The molecule has 0 bridgehead atoms. The van der Waals surface area contributed by atoms with Gasteiger partial charge in [0.25, 0.3) is 0 Å². The van der Waals surface area contributed by atoms with Crippen molar-refractivity contribution in [3.05, 3.63) is 122 Å². The number of amides is 2. The van der Waals surface area contributed by atoms with Gasteiger partial charge in [-0.15, -0.1) is 0 Å². The van der Waals surface area contributed by atoms with Crippen LogP contribution in [0.3, 0.4) is 0 Å². The first-order chi connectivity index (χ1) is 20.1. The number of anilines is 1. The van der Waals surface area contributed by atoms with Crippen molar-refractivity contribution in [3.63, 3.8) is 0 Å². The molecule has 0 atom stereocenters. The molecule has 0 saturated carbocycles. The van der Waals surface area contributed by atoms with E-state index in [2.05, 4.69) is 15.8 Å². The van der Waals surface area contributed by atoms with Gasteiger partial charge in [-0.25, -0.2) is 15.0 Å². The van der Waals surface area contributed by atoms with E-state index in [1.54, 1.807) is 6.07 Å². The van der Waals surface area contributed by atoms with Crippen molar-refractivity contribution in [3.8, 4) is 11.5 Å². The Kier molecular flexibility index (Phi) is 10.2. The van der Waals surface area contributed by atoms with E-state index in [1.165, 1.54) is 78.9 Å². The van der Waals surface area contributed by atoms with E-state index in [-0.39, 0.29) is 43.9 Å². The number of carbonyl (C=O) groups is 4. The fourth-order valence-electron chi connectivity index (χ4n) is 3.26. The third-order valence-corrected chi connectivity index (χ3v) is 6.66. The van der Waals surface area contributed by atoms with Crippen molar-refractivity contribution in [2.24, 2.45) is 5.10 Å². The molecule has 13 heteroatoms. The zero-order valence-electron chi connectivity index (χ0n) is 21.1. The number of hydrogen-bond donors (Lipinski definition) is 2. The number of benzene rings is 4. The quantitative estimate of drug-likeness (QED) is 0.0748. The molecule has 212 valence electrons. The highest BCUT2D eigenvalue weighted by Gasteiger charge is 2.17. The molecule has 0 fully saturated rings. The van der Waals surface area contributed by atoms with Crippen molar-refractivity contribution in [1.82, 2.24) is 5.43 Å². The van der Waals surface area contributed by atoms with Gasteiger partial charge in [-0.05, 0) is 72.8 Å². The van der Waals surface area contributed by atoms with Crippen LogP contribution < -0.4 is 20.2 Å². The van der Waals surface area contributed by atoms with Gasteiger partial charge in [0.15, 0.2) is 0 Å². The van der Waals surface area contributed by atoms with Gasteiger partial charge in [0, 0.05) is 21.7 Å². The predicted octanol–water partition coefficient (Wildman–Crippen LogP) is 6.83. The molecule has 9 nitrogen and oxygen atoms in total. The van der Waals surface area contributed by atoms with Gasteiger partial charge in [0.05, 0.1) is 33.1 Å². The first-order valence-electron chi connectivity index (χ1n) is 11.8. The SMILES string of the molecule is O=C(NN=Cc1ccc(OC(=O)c2ccc(Cl)cc2)cc1OC(=O)c1ccc(Cl)cc1)C(=O)Nc1cccc(Cl)c1Cl. The molecule has 0 aliphatic rings. The average Bonchev–Trinajstić information content (AvgIpc) is 2.97. The Hall–Kier alpha value is -4.41. The molecule has 42 heavy (non-hydrogen) atoms. The van der Waals surface area contributed by atoms with Crippen LogP contribution in [0.1, 0.15) is 26.3 Å². The second-order valence-corrected chi connectivity index (χ2v) is 9.91. The number of nitrogens with one attached hydrogen (secondary N) is 2. The number of rotatable bonds is 7. The molecule has 0 spiro atoms. The fourth-order valence-corrected chi connectivity index (χ4v) is 3.86. The van der Waals surface area contributed by atoms with E-state index in [0.717, 1.165) is 6.21 Å². The third-order valence-electron chi connectivity index (χ3n) is 5.33. The smallest absolute Gasteiger partial charge is 0.343 e. The number of nitrogens with zero attached hydrogens (tertiary/aromatic N) is 1. The molecule has 0 aliphatic heterocycles. The number of hydrazone groups is 1. The minimum absolute atomic E-state index is 0.0489. The summed E-state index contributed by atoms with van der Waals surface area (Å²) in [6.45, 7) is 0. The lowest BCUT2D eigenvalue weighted by molar-refractivity contribution is -0.136. The molecule has 4 aromatic rings. The van der Waals surface area contributed by atoms with Gasteiger partial charge in [-0.2, -0.15) is 5.10 Å². The van der Waals surface area contributed by atoms with Crippen LogP contribution in [0.5, 0.6) is 11.5 Å². The van der Waals surface area contributed by atoms with Gasteiger partial charge in [-0.3, -0.25) is 9.59 Å². The molecular weight excluding hydrogens is 628 g/mol. The number of ether oxygens (including phenoxy) is 2. The summed E-state index contributed by atoms with van der Waals surface area (Å²) in [5.41, 5.74) is 2.83. The van der Waals surface area contributed by atoms with E-state index in [4.69, 9.17) is 55.9 Å². The first-order valence-corrected chi connectivity index (χ1v) is 13.3. The molecule has 2 amide bonds. The van der Waals surface area contributed by atoms with E-state index in [0.29, 0.717) is 10.0 Å². The van der Waals surface area contributed by atoms with E-state index in [1.807, 2.05) is 0 Å². The summed E-state index contributed by atoms with van der Waals surface area (Å²) in [4.78, 5) is 49.9. The number of carbonyl (C=O) groups excluding carboxylic acids is 4. The summed E-state index contributed by atoms with van der Waals surface area (Å²) >= 11 is 23.7. The predicted molar refractivity (Wildman–Crippen MR) is 160 cm³/mol. The second kappa shape index (κ2) is 14.0. The zero-order valence-corrected chi connectivity index (χ0v) is 24.1. The van der Waals surface area contributed by atoms with Crippen LogP contribution in [-0.2, 0) is 9.59 Å². The summed E-state index contributed by atoms with van der Waals surface area (Å²) in [6.07, 6.45) is 1.13. The van der Waals surface area contributed by atoms with E-state index in [9.17, 15) is 19.2 Å². The molecule has 0 radical (unpaired) electrons. The third kappa shape index (κ3) is 8.08. The Morgan fingerprint density at radius 2 is 1.29 bits per heavy atom. The lowest BCUT2D eigenvalue weighted by Crippen LogP contribution is -2.32. The minimum atomic E-state index is -1.12. The van der Waals surface area contributed by atoms with E-state index < -0.39 is 23.8 Å². The molecule has 4 aromatic carbocycles. The molecule has 0 aliphatic carbocycles. The molecule has 0 saturated heterocycles. The molecule has 0 unspecified atom stereocenters. The molecule has 2 N–H and O–H groups in total. The van der Waals surface area contributed by atoms with Gasteiger partial charge in [0.2, 0.25) is 0 Å². The molecule has 4 rings (SSSR count). The monoisotopic (exact) mass is 643 g/mol. The van der Waals surface area contributed by atoms with Crippen LogP contribution >= 0.6 is 46.4 Å². The summed E-state index contributed by atoms with van der Waals surface area (Å²) in [7, 11) is 0. The molecule has 0 heterocycles. The van der Waals surface area contributed by atoms with E-state index >= 15 is 0 Å². The fraction of sp³-hybridized carbons (Fsp3) is 0. The van der Waals surface area contributed by atoms with Gasteiger partial charge in [-0.1, -0.05) is 52.5 Å². The number of halogens is 4. The number of hydrogen-bond acceptors (Lipinski definition) is 7. The molecular formula is C29H17Cl4N3O6. The maximum absolute atomic E-state index is 12.8. The van der Waals surface area contributed by atoms with Crippen LogP contribution in [0.2, 0.25) is 20.1 Å². The topological polar surface area (TPSA) is 123 Å². The van der Waals surface area contributed by atoms with Crippen molar-refractivity contribution < 1.29 is 28.7 Å². The second-order valence-electron chi connectivity index (χ2n) is 8.25. The summed E-state index contributed by atoms with van der Waals surface area (Å²) in [6, 6.07) is 20.7.